The minimum atomic E-state index is 0.379. The zero-order valence-corrected chi connectivity index (χ0v) is 21.4. The summed E-state index contributed by atoms with van der Waals surface area (Å²) < 4.78 is 4.46. The van der Waals surface area contributed by atoms with E-state index in [2.05, 4.69) is 92.8 Å². The Morgan fingerprint density at radius 3 is 1.95 bits per heavy atom. The molecule has 8 rings (SSSR count). The number of rotatable bonds is 3. The van der Waals surface area contributed by atoms with Gasteiger partial charge >= 0.3 is 0 Å². The van der Waals surface area contributed by atoms with Gasteiger partial charge in [0.05, 0.1) is 22.4 Å². The first-order valence-electron chi connectivity index (χ1n) is 13.2. The predicted molar refractivity (Wildman–Crippen MR) is 158 cm³/mol. The van der Waals surface area contributed by atoms with Crippen molar-refractivity contribution in [2.75, 3.05) is 0 Å². The minimum Gasteiger partial charge on any atom is -0.296 e. The molecule has 0 fully saturated rings. The highest BCUT2D eigenvalue weighted by atomic mass is 15.1. The van der Waals surface area contributed by atoms with E-state index in [1.54, 1.807) is 0 Å². The van der Waals surface area contributed by atoms with Crippen molar-refractivity contribution in [2.24, 2.45) is 4.99 Å². The fourth-order valence-electron chi connectivity index (χ4n) is 5.91. The van der Waals surface area contributed by atoms with Crippen LogP contribution in [0.15, 0.2) is 109 Å². The van der Waals surface area contributed by atoms with Crippen molar-refractivity contribution in [1.82, 2.24) is 24.1 Å². The Kier molecular flexibility index (Phi) is 4.76. The van der Waals surface area contributed by atoms with Gasteiger partial charge in [-0.2, -0.15) is 0 Å². The topological polar surface area (TPSA) is 60.9 Å². The van der Waals surface area contributed by atoms with Gasteiger partial charge < -0.3 is 0 Å². The van der Waals surface area contributed by atoms with Crippen LogP contribution in [0.2, 0.25) is 0 Å². The number of fused-ring (bicyclic) bond motifs is 6. The van der Waals surface area contributed by atoms with Crippen molar-refractivity contribution >= 4 is 45.0 Å². The standard InChI is InChI=1S/C33H24N6/c1-21-16-20-35-30-27-6-3-19-37-33(27)39(31(21)30)25-14-10-23(11-15-25)22-8-12-24(13-9-22)38-28-7-4-17-34-29(28)26-5-2-18-36-32(26)38/h2-15,17-21H,16H2,1H3. The molecule has 0 spiro atoms. The third kappa shape index (κ3) is 3.28. The number of benzene rings is 2. The molecule has 1 unspecified atom stereocenters. The van der Waals surface area contributed by atoms with Crippen LogP contribution in [0.4, 0.5) is 5.69 Å². The lowest BCUT2D eigenvalue weighted by atomic mass is 10.00. The van der Waals surface area contributed by atoms with E-state index in [9.17, 15) is 0 Å². The second-order valence-corrected chi connectivity index (χ2v) is 10.1. The molecule has 0 N–H and O–H groups in total. The van der Waals surface area contributed by atoms with Gasteiger partial charge in [-0.3, -0.25) is 19.1 Å². The molecular weight excluding hydrogens is 480 g/mol. The van der Waals surface area contributed by atoms with Crippen LogP contribution in [0.5, 0.6) is 0 Å². The van der Waals surface area contributed by atoms with Crippen molar-refractivity contribution in [1.29, 1.82) is 0 Å². The molecule has 0 saturated heterocycles. The first-order valence-corrected chi connectivity index (χ1v) is 13.2. The second kappa shape index (κ2) is 8.46. The Bertz CT molecular complexity index is 1990. The van der Waals surface area contributed by atoms with E-state index < -0.39 is 0 Å². The highest BCUT2D eigenvalue weighted by Gasteiger charge is 2.25. The van der Waals surface area contributed by atoms with Crippen molar-refractivity contribution in [3.05, 3.63) is 109 Å². The van der Waals surface area contributed by atoms with Gasteiger partial charge in [-0.1, -0.05) is 31.2 Å². The summed E-state index contributed by atoms with van der Waals surface area (Å²) in [5, 5.41) is 2.16. The molecule has 0 aliphatic carbocycles. The zero-order chi connectivity index (χ0) is 25.9. The summed E-state index contributed by atoms with van der Waals surface area (Å²) in [4.78, 5) is 18.8. The molecule has 39 heavy (non-hydrogen) atoms. The average Bonchev–Trinajstić information content (AvgIpc) is 3.52. The maximum absolute atomic E-state index is 4.75. The Hall–Kier alpha value is -5.10. The highest BCUT2D eigenvalue weighted by molar-refractivity contribution is 6.05. The molecule has 0 radical (unpaired) electrons. The Morgan fingerprint density at radius 2 is 1.23 bits per heavy atom. The van der Waals surface area contributed by atoms with Gasteiger partial charge in [0, 0.05) is 52.9 Å². The van der Waals surface area contributed by atoms with Crippen molar-refractivity contribution < 1.29 is 0 Å². The van der Waals surface area contributed by atoms with Crippen LogP contribution in [0, 0.1) is 0 Å². The molecule has 6 heteroatoms. The van der Waals surface area contributed by atoms with Crippen LogP contribution >= 0.6 is 0 Å². The molecule has 6 heterocycles. The summed E-state index contributed by atoms with van der Waals surface area (Å²) in [6, 6.07) is 29.6. The second-order valence-electron chi connectivity index (χ2n) is 10.1. The highest BCUT2D eigenvalue weighted by Crippen LogP contribution is 2.42. The molecule has 2 aromatic carbocycles. The number of aromatic nitrogens is 5. The van der Waals surface area contributed by atoms with Crippen LogP contribution in [-0.2, 0) is 0 Å². The van der Waals surface area contributed by atoms with Gasteiger partial charge in [-0.25, -0.2) is 9.97 Å². The van der Waals surface area contributed by atoms with E-state index in [-0.39, 0.29) is 0 Å². The number of pyridine rings is 3. The van der Waals surface area contributed by atoms with Crippen LogP contribution in [0.3, 0.4) is 0 Å². The summed E-state index contributed by atoms with van der Waals surface area (Å²) in [5.74, 6) is 0.379. The Balaban J connectivity index is 1.19. The fourth-order valence-corrected chi connectivity index (χ4v) is 5.91. The summed E-state index contributed by atoms with van der Waals surface area (Å²) in [5.41, 5.74) is 10.7. The largest absolute Gasteiger partial charge is 0.296 e. The summed E-state index contributed by atoms with van der Waals surface area (Å²) in [6.45, 7) is 2.26. The third-order valence-corrected chi connectivity index (χ3v) is 7.75. The van der Waals surface area contributed by atoms with Crippen LogP contribution in [0.25, 0.3) is 55.6 Å². The van der Waals surface area contributed by atoms with Crippen LogP contribution in [0.1, 0.15) is 25.0 Å². The fraction of sp³-hybridized carbons (Fsp3) is 0.0909. The monoisotopic (exact) mass is 504 g/mol. The van der Waals surface area contributed by atoms with Gasteiger partial charge in [-0.05, 0) is 78.2 Å². The van der Waals surface area contributed by atoms with E-state index in [1.165, 1.54) is 5.69 Å². The van der Waals surface area contributed by atoms with E-state index in [0.29, 0.717) is 5.92 Å². The smallest absolute Gasteiger partial charge is 0.147 e. The Labute approximate surface area is 224 Å². The molecule has 5 aromatic heterocycles. The van der Waals surface area contributed by atoms with Crippen LogP contribution < -0.4 is 0 Å². The van der Waals surface area contributed by atoms with E-state index in [1.807, 2.05) is 43.0 Å². The van der Waals surface area contributed by atoms with Crippen LogP contribution in [-0.4, -0.2) is 30.3 Å². The van der Waals surface area contributed by atoms with Gasteiger partial charge in [0.2, 0.25) is 0 Å². The molecule has 7 aromatic rings. The number of hydrogen-bond donors (Lipinski definition) is 0. The molecule has 0 saturated carbocycles. The van der Waals surface area contributed by atoms with Gasteiger partial charge in [0.1, 0.15) is 11.3 Å². The molecule has 0 amide bonds. The number of hydrogen-bond acceptors (Lipinski definition) is 4. The van der Waals surface area contributed by atoms with Crippen molar-refractivity contribution in [3.8, 4) is 22.5 Å². The minimum absolute atomic E-state index is 0.379. The van der Waals surface area contributed by atoms with Crippen molar-refractivity contribution in [3.63, 3.8) is 0 Å². The molecule has 1 atom stereocenters. The van der Waals surface area contributed by atoms with Gasteiger partial charge in [0.25, 0.3) is 0 Å². The molecular formula is C33H24N6. The molecule has 186 valence electrons. The lowest BCUT2D eigenvalue weighted by Crippen LogP contribution is -2.07. The third-order valence-electron chi connectivity index (χ3n) is 7.75. The van der Waals surface area contributed by atoms with E-state index in [0.717, 1.165) is 67.7 Å². The summed E-state index contributed by atoms with van der Waals surface area (Å²) >= 11 is 0. The predicted octanol–water partition coefficient (Wildman–Crippen LogP) is 7.79. The zero-order valence-electron chi connectivity index (χ0n) is 21.4. The van der Waals surface area contributed by atoms with Gasteiger partial charge in [-0.15, -0.1) is 0 Å². The van der Waals surface area contributed by atoms with E-state index in [4.69, 9.17) is 9.98 Å². The molecule has 0 bridgehead atoms. The molecule has 1 aliphatic heterocycles. The summed E-state index contributed by atoms with van der Waals surface area (Å²) in [7, 11) is 0. The first kappa shape index (κ1) is 21.9. The summed E-state index contributed by atoms with van der Waals surface area (Å²) in [6.07, 6.45) is 8.49. The average molecular weight is 505 g/mol. The number of aliphatic imine (C=N–C) groups is 1. The molecule has 1 aliphatic rings. The van der Waals surface area contributed by atoms with Crippen molar-refractivity contribution in [2.45, 2.75) is 19.3 Å². The number of nitrogens with zero attached hydrogens (tertiary/aromatic N) is 6. The lowest BCUT2D eigenvalue weighted by molar-refractivity contribution is 0.745. The maximum atomic E-state index is 4.75. The normalized spacial score (nSPS) is 14.8. The Morgan fingerprint density at radius 1 is 0.641 bits per heavy atom. The quantitative estimate of drug-likeness (QED) is 0.247. The van der Waals surface area contributed by atoms with Gasteiger partial charge in [0.15, 0.2) is 0 Å². The molecule has 6 nitrogen and oxygen atoms in total. The maximum Gasteiger partial charge on any atom is 0.147 e. The lowest BCUT2D eigenvalue weighted by Gasteiger charge is -2.18. The SMILES string of the molecule is CC1CC=Nc2c1n(-c1ccc(-c3ccc(-n4c5cccnc5c5cccnc54)cc3)cc1)c1ncccc21. The first-order chi connectivity index (χ1) is 19.3. The van der Waals surface area contributed by atoms with E-state index >= 15 is 0 Å².